The highest BCUT2D eigenvalue weighted by Gasteiger charge is 2.36. The molecule has 0 aromatic carbocycles. The second-order valence-electron chi connectivity index (χ2n) is 4.81. The van der Waals surface area contributed by atoms with Crippen LogP contribution in [0.4, 0.5) is 0 Å². The molecule has 0 bridgehead atoms. The maximum Gasteiger partial charge on any atom is 0.242 e. The Bertz CT molecular complexity index is 515. The van der Waals surface area contributed by atoms with Crippen molar-refractivity contribution < 1.29 is 13.5 Å². The molecule has 0 spiro atoms. The van der Waals surface area contributed by atoms with Crippen LogP contribution in [0, 0.1) is 6.92 Å². The Morgan fingerprint density at radius 2 is 2.18 bits per heavy atom. The van der Waals surface area contributed by atoms with Crippen molar-refractivity contribution in [3.63, 3.8) is 0 Å². The fraction of sp³-hybridized carbons (Fsp3) is 0.636. The molecule has 0 radical (unpaired) electrons. The highest BCUT2D eigenvalue weighted by molar-refractivity contribution is 7.89. The van der Waals surface area contributed by atoms with Crippen molar-refractivity contribution >= 4 is 21.4 Å². The van der Waals surface area contributed by atoms with Crippen LogP contribution in [0.3, 0.4) is 0 Å². The molecule has 1 saturated carbocycles. The van der Waals surface area contributed by atoms with Gasteiger partial charge in [-0.1, -0.05) is 0 Å². The summed E-state index contributed by atoms with van der Waals surface area (Å²) in [6.07, 6.45) is 2.86. The van der Waals surface area contributed by atoms with Crippen LogP contribution < -0.4 is 4.72 Å². The lowest BCUT2D eigenvalue weighted by molar-refractivity contribution is 0.248. The highest BCUT2D eigenvalue weighted by atomic mass is 32.2. The van der Waals surface area contributed by atoms with Crippen molar-refractivity contribution in [3.05, 3.63) is 15.8 Å². The highest BCUT2D eigenvalue weighted by Crippen LogP contribution is 2.34. The van der Waals surface area contributed by atoms with Gasteiger partial charge < -0.3 is 5.11 Å². The van der Waals surface area contributed by atoms with Gasteiger partial charge in [-0.05, 0) is 39.2 Å². The largest absolute Gasteiger partial charge is 0.391 e. The van der Waals surface area contributed by atoms with Crippen molar-refractivity contribution in [2.24, 2.45) is 0 Å². The Labute approximate surface area is 106 Å². The predicted octanol–water partition coefficient (Wildman–Crippen LogP) is 1.77. The Kier molecular flexibility index (Phi) is 3.33. The summed E-state index contributed by atoms with van der Waals surface area (Å²) >= 11 is 1.32. The standard InChI is InChI=1S/C11H17NO3S2/c1-8-10(6-9(7-13)16-8)17(14,15)12-11(2)4-3-5-11/h6,12-13H,3-5,7H2,1-2H3. The summed E-state index contributed by atoms with van der Waals surface area (Å²) < 4.78 is 27.2. The molecule has 2 rings (SSSR count). The number of hydrogen-bond donors (Lipinski definition) is 2. The van der Waals surface area contributed by atoms with E-state index in [1.54, 1.807) is 13.0 Å². The molecule has 0 aliphatic heterocycles. The molecule has 17 heavy (non-hydrogen) atoms. The van der Waals surface area contributed by atoms with Crippen molar-refractivity contribution in [2.75, 3.05) is 0 Å². The molecular weight excluding hydrogens is 258 g/mol. The average Bonchev–Trinajstić information content (AvgIpc) is 2.57. The average molecular weight is 275 g/mol. The van der Waals surface area contributed by atoms with E-state index < -0.39 is 10.0 Å². The zero-order chi connectivity index (χ0) is 12.7. The number of aryl methyl sites for hydroxylation is 1. The second-order valence-corrected chi connectivity index (χ2v) is 7.80. The van der Waals surface area contributed by atoms with Crippen LogP contribution in [0.2, 0.25) is 0 Å². The molecule has 1 fully saturated rings. The topological polar surface area (TPSA) is 66.4 Å². The number of sulfonamides is 1. The molecule has 1 aromatic heterocycles. The predicted molar refractivity (Wildman–Crippen MR) is 67.6 cm³/mol. The summed E-state index contributed by atoms with van der Waals surface area (Å²) in [7, 11) is -3.45. The number of hydrogen-bond acceptors (Lipinski definition) is 4. The van der Waals surface area contributed by atoms with Gasteiger partial charge in [-0.2, -0.15) is 0 Å². The minimum absolute atomic E-state index is 0.113. The van der Waals surface area contributed by atoms with Gasteiger partial charge in [0, 0.05) is 15.3 Å². The van der Waals surface area contributed by atoms with E-state index in [9.17, 15) is 8.42 Å². The third kappa shape index (κ3) is 2.54. The molecular formula is C11H17NO3S2. The number of nitrogens with one attached hydrogen (secondary N) is 1. The summed E-state index contributed by atoms with van der Waals surface area (Å²) in [4.78, 5) is 1.71. The number of aliphatic hydroxyl groups excluding tert-OH is 1. The molecule has 0 amide bonds. The first-order chi connectivity index (χ1) is 7.86. The monoisotopic (exact) mass is 275 g/mol. The second kappa shape index (κ2) is 4.35. The van der Waals surface area contributed by atoms with Gasteiger partial charge in [0.25, 0.3) is 0 Å². The van der Waals surface area contributed by atoms with Crippen LogP contribution in [-0.4, -0.2) is 19.1 Å². The summed E-state index contributed by atoms with van der Waals surface area (Å²) in [6.45, 7) is 3.59. The zero-order valence-corrected chi connectivity index (χ0v) is 11.6. The van der Waals surface area contributed by atoms with Crippen LogP contribution in [0.15, 0.2) is 11.0 Å². The van der Waals surface area contributed by atoms with E-state index in [0.29, 0.717) is 9.77 Å². The quantitative estimate of drug-likeness (QED) is 0.880. The van der Waals surface area contributed by atoms with E-state index in [0.717, 1.165) is 24.1 Å². The molecule has 1 heterocycles. The lowest BCUT2D eigenvalue weighted by Crippen LogP contribution is -2.50. The molecule has 4 nitrogen and oxygen atoms in total. The maximum absolute atomic E-state index is 12.2. The van der Waals surface area contributed by atoms with Gasteiger partial charge in [-0.3, -0.25) is 0 Å². The van der Waals surface area contributed by atoms with Gasteiger partial charge in [0.2, 0.25) is 10.0 Å². The van der Waals surface area contributed by atoms with Crippen LogP contribution in [0.1, 0.15) is 35.9 Å². The first kappa shape index (κ1) is 13.0. The molecule has 1 aliphatic carbocycles. The summed E-state index contributed by atoms with van der Waals surface area (Å²) in [5.41, 5.74) is -0.285. The smallest absolute Gasteiger partial charge is 0.242 e. The third-order valence-electron chi connectivity index (χ3n) is 3.21. The Morgan fingerprint density at radius 1 is 1.53 bits per heavy atom. The normalized spacial score (nSPS) is 19.0. The van der Waals surface area contributed by atoms with Gasteiger partial charge in [-0.15, -0.1) is 11.3 Å². The first-order valence-electron chi connectivity index (χ1n) is 5.60. The Balaban J connectivity index is 2.27. The van der Waals surface area contributed by atoms with Crippen LogP contribution in [-0.2, 0) is 16.6 Å². The molecule has 6 heteroatoms. The Hall–Kier alpha value is -0.430. The van der Waals surface area contributed by atoms with Crippen molar-refractivity contribution in [3.8, 4) is 0 Å². The van der Waals surface area contributed by atoms with Crippen LogP contribution in [0.25, 0.3) is 0 Å². The van der Waals surface area contributed by atoms with Gasteiger partial charge in [0.05, 0.1) is 11.5 Å². The number of aliphatic hydroxyl groups is 1. The molecule has 96 valence electrons. The van der Waals surface area contributed by atoms with E-state index in [1.165, 1.54) is 11.3 Å². The fourth-order valence-electron chi connectivity index (χ4n) is 2.06. The van der Waals surface area contributed by atoms with Gasteiger partial charge in [0.1, 0.15) is 0 Å². The molecule has 1 aromatic rings. The van der Waals surface area contributed by atoms with E-state index in [4.69, 9.17) is 5.11 Å². The van der Waals surface area contributed by atoms with Crippen molar-refractivity contribution in [1.29, 1.82) is 0 Å². The first-order valence-corrected chi connectivity index (χ1v) is 7.90. The maximum atomic E-state index is 12.2. The van der Waals surface area contributed by atoms with E-state index >= 15 is 0 Å². The van der Waals surface area contributed by atoms with Crippen molar-refractivity contribution in [2.45, 2.75) is 50.2 Å². The molecule has 0 saturated heterocycles. The zero-order valence-electron chi connectivity index (χ0n) is 9.99. The van der Waals surface area contributed by atoms with E-state index in [2.05, 4.69) is 4.72 Å². The summed E-state index contributed by atoms with van der Waals surface area (Å²) in [6, 6.07) is 1.56. The van der Waals surface area contributed by atoms with Crippen molar-refractivity contribution in [1.82, 2.24) is 4.72 Å². The Morgan fingerprint density at radius 3 is 2.59 bits per heavy atom. The van der Waals surface area contributed by atoms with Crippen LogP contribution in [0.5, 0.6) is 0 Å². The molecule has 2 N–H and O–H groups in total. The number of rotatable bonds is 4. The van der Waals surface area contributed by atoms with Gasteiger partial charge >= 0.3 is 0 Å². The van der Waals surface area contributed by atoms with Gasteiger partial charge in [0.15, 0.2) is 0 Å². The SMILES string of the molecule is Cc1sc(CO)cc1S(=O)(=O)NC1(C)CCC1. The molecule has 1 aliphatic rings. The van der Waals surface area contributed by atoms with Gasteiger partial charge in [-0.25, -0.2) is 13.1 Å². The third-order valence-corrected chi connectivity index (χ3v) is 6.14. The van der Waals surface area contributed by atoms with Crippen LogP contribution >= 0.6 is 11.3 Å². The minimum atomic E-state index is -3.45. The number of thiophene rings is 1. The van der Waals surface area contributed by atoms with E-state index in [1.807, 2.05) is 6.92 Å². The fourth-order valence-corrected chi connectivity index (χ4v) is 5.02. The van der Waals surface area contributed by atoms with E-state index in [-0.39, 0.29) is 12.1 Å². The lowest BCUT2D eigenvalue weighted by atomic mass is 9.80. The summed E-state index contributed by atoms with van der Waals surface area (Å²) in [5, 5.41) is 9.03. The minimum Gasteiger partial charge on any atom is -0.391 e. The summed E-state index contributed by atoms with van der Waals surface area (Å²) in [5.74, 6) is 0. The lowest BCUT2D eigenvalue weighted by Gasteiger charge is -2.38. The molecule has 0 atom stereocenters. The molecule has 0 unspecified atom stereocenters.